The number of aliphatic hydroxyl groups is 1. The molecule has 0 saturated heterocycles. The Morgan fingerprint density at radius 3 is 1.63 bits per heavy atom. The number of hydrogen-bond donors (Lipinski definition) is 2. The molecule has 0 saturated carbocycles. The van der Waals surface area contributed by atoms with E-state index in [1.165, 1.54) is 39.1 Å². The van der Waals surface area contributed by atoms with Crippen LogP contribution in [-0.2, 0) is 25.7 Å². The predicted octanol–water partition coefficient (Wildman–Crippen LogP) is 7.63. The SMILES string of the molecule is OCCC1c2ccc(Cl)cc2CCc2cccnc21.SCCC1c2ccc(Cl)cc2CCc2cccnc21. The molecule has 2 aliphatic carbocycles. The first-order chi connectivity index (χ1) is 18.6. The number of thiol groups is 1. The number of aliphatic hydroxyl groups excluding tert-OH is 1. The predicted molar refractivity (Wildman–Crippen MR) is 160 cm³/mol. The van der Waals surface area contributed by atoms with Gasteiger partial charge in [-0.2, -0.15) is 12.6 Å². The fourth-order valence-corrected chi connectivity index (χ4v) is 6.54. The van der Waals surface area contributed by atoms with Crippen molar-refractivity contribution >= 4 is 35.8 Å². The molecule has 2 heterocycles. The highest BCUT2D eigenvalue weighted by atomic mass is 35.5. The minimum absolute atomic E-state index is 0.169. The van der Waals surface area contributed by atoms with E-state index in [4.69, 9.17) is 23.2 Å². The van der Waals surface area contributed by atoms with E-state index in [9.17, 15) is 5.11 Å². The van der Waals surface area contributed by atoms with Crippen LogP contribution in [0.5, 0.6) is 0 Å². The summed E-state index contributed by atoms with van der Waals surface area (Å²) in [6.45, 7) is 0.169. The molecule has 38 heavy (non-hydrogen) atoms. The molecule has 1 N–H and O–H groups in total. The molecule has 0 bridgehead atoms. The van der Waals surface area contributed by atoms with Crippen molar-refractivity contribution in [3.8, 4) is 0 Å². The number of benzene rings is 2. The van der Waals surface area contributed by atoms with Crippen LogP contribution in [0.15, 0.2) is 73.1 Å². The van der Waals surface area contributed by atoms with Crippen LogP contribution < -0.4 is 0 Å². The lowest BCUT2D eigenvalue weighted by Crippen LogP contribution is -2.08. The van der Waals surface area contributed by atoms with Crippen LogP contribution in [0.3, 0.4) is 0 Å². The molecular formula is C32H32Cl2N2OS. The van der Waals surface area contributed by atoms with Crippen LogP contribution in [0.4, 0.5) is 0 Å². The number of aryl methyl sites for hydroxylation is 4. The highest BCUT2D eigenvalue weighted by molar-refractivity contribution is 7.80. The van der Waals surface area contributed by atoms with E-state index < -0.39 is 0 Å². The van der Waals surface area contributed by atoms with Crippen molar-refractivity contribution in [1.82, 2.24) is 9.97 Å². The van der Waals surface area contributed by atoms with Crippen LogP contribution in [0.25, 0.3) is 0 Å². The summed E-state index contributed by atoms with van der Waals surface area (Å²) < 4.78 is 0. The van der Waals surface area contributed by atoms with Crippen molar-refractivity contribution in [3.63, 3.8) is 0 Å². The minimum Gasteiger partial charge on any atom is -0.396 e. The molecule has 6 rings (SSSR count). The Balaban J connectivity index is 0.000000155. The second-order valence-electron chi connectivity index (χ2n) is 9.91. The lowest BCUT2D eigenvalue weighted by molar-refractivity contribution is 0.281. The molecule has 0 spiro atoms. The standard InChI is InChI=1S/C16H16ClNO.C16H16ClNS/c2*17-13-5-6-14-12(10-13)4-3-11-2-1-8-18-16(11)15(14)7-9-19/h2*1-2,5-6,8,10,15,19H,3-4,7,9H2. The first-order valence-electron chi connectivity index (χ1n) is 13.2. The summed E-state index contributed by atoms with van der Waals surface area (Å²) >= 11 is 16.7. The zero-order chi connectivity index (χ0) is 26.5. The molecule has 0 fully saturated rings. The van der Waals surface area contributed by atoms with Crippen molar-refractivity contribution in [3.05, 3.63) is 128 Å². The lowest BCUT2D eigenvalue weighted by Gasteiger charge is -2.18. The summed E-state index contributed by atoms with van der Waals surface area (Å²) in [5.41, 5.74) is 10.2. The van der Waals surface area contributed by atoms with Crippen molar-refractivity contribution in [2.45, 2.75) is 50.4 Å². The van der Waals surface area contributed by atoms with E-state index >= 15 is 0 Å². The van der Waals surface area contributed by atoms with Gasteiger partial charge in [0, 0.05) is 40.9 Å². The van der Waals surface area contributed by atoms with Crippen LogP contribution in [0, 0.1) is 0 Å². The smallest absolute Gasteiger partial charge is 0.0511 e. The van der Waals surface area contributed by atoms with Gasteiger partial charge >= 0.3 is 0 Å². The third-order valence-electron chi connectivity index (χ3n) is 7.64. The first kappa shape index (κ1) is 27.2. The zero-order valence-corrected chi connectivity index (χ0v) is 23.7. The maximum Gasteiger partial charge on any atom is 0.0511 e. The van der Waals surface area contributed by atoms with E-state index in [-0.39, 0.29) is 12.5 Å². The van der Waals surface area contributed by atoms with Crippen molar-refractivity contribution in [1.29, 1.82) is 0 Å². The second kappa shape index (κ2) is 12.7. The summed E-state index contributed by atoms with van der Waals surface area (Å²) in [6.07, 6.45) is 9.50. The molecule has 0 radical (unpaired) electrons. The van der Waals surface area contributed by atoms with Gasteiger partial charge < -0.3 is 5.11 Å². The minimum atomic E-state index is 0.169. The van der Waals surface area contributed by atoms with E-state index in [2.05, 4.69) is 52.9 Å². The molecular weight excluding hydrogens is 531 g/mol. The highest BCUT2D eigenvalue weighted by Crippen LogP contribution is 2.37. The molecule has 2 unspecified atom stereocenters. The summed E-state index contributed by atoms with van der Waals surface area (Å²) in [5, 5.41) is 11.0. The van der Waals surface area contributed by atoms with Gasteiger partial charge in [0.15, 0.2) is 0 Å². The molecule has 0 aliphatic heterocycles. The van der Waals surface area contributed by atoms with Crippen molar-refractivity contribution in [2.75, 3.05) is 12.4 Å². The van der Waals surface area contributed by atoms with Gasteiger partial charge in [-0.3, -0.25) is 9.97 Å². The average Bonchev–Trinajstić information content (AvgIpc) is 3.18. The number of halogens is 2. The van der Waals surface area contributed by atoms with Gasteiger partial charge in [-0.05, 0) is 114 Å². The number of hydrogen-bond acceptors (Lipinski definition) is 4. The quantitative estimate of drug-likeness (QED) is 0.251. The summed E-state index contributed by atoms with van der Waals surface area (Å²) in [4.78, 5) is 9.19. The third-order valence-corrected chi connectivity index (χ3v) is 8.36. The lowest BCUT2D eigenvalue weighted by atomic mass is 9.89. The van der Waals surface area contributed by atoms with E-state index in [1.807, 2.05) is 42.7 Å². The fraction of sp³-hybridized carbons (Fsp3) is 0.312. The monoisotopic (exact) mass is 562 g/mol. The molecule has 0 amide bonds. The van der Waals surface area contributed by atoms with Crippen molar-refractivity contribution in [2.24, 2.45) is 0 Å². The van der Waals surface area contributed by atoms with Gasteiger partial charge in [-0.1, -0.05) is 47.5 Å². The molecule has 2 aliphatic rings. The summed E-state index contributed by atoms with van der Waals surface area (Å²) in [6, 6.07) is 20.7. The van der Waals surface area contributed by atoms with Gasteiger partial charge in [0.1, 0.15) is 0 Å². The molecule has 196 valence electrons. The Morgan fingerprint density at radius 2 is 1.16 bits per heavy atom. The molecule has 4 aromatic rings. The van der Waals surface area contributed by atoms with Gasteiger partial charge in [-0.25, -0.2) is 0 Å². The van der Waals surface area contributed by atoms with Crippen LogP contribution >= 0.6 is 35.8 Å². The molecule has 2 aromatic heterocycles. The maximum atomic E-state index is 9.36. The van der Waals surface area contributed by atoms with Crippen LogP contribution in [0.1, 0.15) is 69.4 Å². The Labute approximate surface area is 240 Å². The van der Waals surface area contributed by atoms with Gasteiger partial charge in [-0.15, -0.1) is 0 Å². The zero-order valence-electron chi connectivity index (χ0n) is 21.3. The molecule has 3 nitrogen and oxygen atoms in total. The van der Waals surface area contributed by atoms with Gasteiger partial charge in [0.05, 0.1) is 11.4 Å². The normalized spacial score (nSPS) is 17.5. The Bertz CT molecular complexity index is 1300. The summed E-state index contributed by atoms with van der Waals surface area (Å²) in [5.74, 6) is 1.39. The van der Waals surface area contributed by atoms with E-state index in [0.717, 1.165) is 53.6 Å². The Hall–Kier alpha value is -2.37. The Kier molecular flexibility index (Phi) is 9.06. The first-order valence-corrected chi connectivity index (χ1v) is 14.6. The van der Waals surface area contributed by atoms with Crippen molar-refractivity contribution < 1.29 is 5.11 Å². The number of aromatic nitrogens is 2. The maximum absolute atomic E-state index is 9.36. The number of rotatable bonds is 4. The van der Waals surface area contributed by atoms with E-state index in [1.54, 1.807) is 0 Å². The van der Waals surface area contributed by atoms with Crippen LogP contribution in [-0.4, -0.2) is 27.4 Å². The largest absolute Gasteiger partial charge is 0.396 e. The Morgan fingerprint density at radius 1 is 0.684 bits per heavy atom. The van der Waals surface area contributed by atoms with E-state index in [0.29, 0.717) is 12.3 Å². The summed E-state index contributed by atoms with van der Waals surface area (Å²) in [7, 11) is 0. The van der Waals surface area contributed by atoms with Gasteiger partial charge in [0.2, 0.25) is 0 Å². The molecule has 2 atom stereocenters. The fourth-order valence-electron chi connectivity index (χ4n) is 5.89. The number of pyridine rings is 2. The van der Waals surface area contributed by atoms with Crippen LogP contribution in [0.2, 0.25) is 10.0 Å². The average molecular weight is 564 g/mol. The highest BCUT2D eigenvalue weighted by Gasteiger charge is 2.25. The molecule has 2 aromatic carbocycles. The topological polar surface area (TPSA) is 46.0 Å². The number of fused-ring (bicyclic) bond motifs is 4. The third kappa shape index (κ3) is 5.94. The second-order valence-corrected chi connectivity index (χ2v) is 11.2. The molecule has 6 heteroatoms. The van der Waals surface area contributed by atoms with Gasteiger partial charge in [0.25, 0.3) is 0 Å². The number of nitrogens with zero attached hydrogens (tertiary/aromatic N) is 2.